The van der Waals surface area contributed by atoms with Crippen molar-refractivity contribution in [1.82, 2.24) is 14.8 Å². The fraction of sp³-hybridized carbons (Fsp3) is 0.120. The van der Waals surface area contributed by atoms with Gasteiger partial charge in [0.15, 0.2) is 0 Å². The molecule has 2 aliphatic heterocycles. The molecule has 2 aliphatic rings. The highest BCUT2D eigenvalue weighted by Crippen LogP contribution is 2.51. The van der Waals surface area contributed by atoms with E-state index in [2.05, 4.69) is 26.2 Å². The Morgan fingerprint density at radius 2 is 1.91 bits per heavy atom. The maximum absolute atomic E-state index is 15.3. The Kier molecular flexibility index (Phi) is 5.39. The molecule has 0 bridgehead atoms. The summed E-state index contributed by atoms with van der Waals surface area (Å²) in [5.74, 6) is 0.910. The quantitative estimate of drug-likeness (QED) is 0.273. The summed E-state index contributed by atoms with van der Waals surface area (Å²) in [5.41, 5.74) is 3.88. The molecule has 0 aliphatic carbocycles. The van der Waals surface area contributed by atoms with Crippen LogP contribution in [-0.4, -0.2) is 21.0 Å². The van der Waals surface area contributed by atoms with Gasteiger partial charge in [-0.2, -0.15) is 4.98 Å². The number of aromatic nitrogens is 3. The van der Waals surface area contributed by atoms with Crippen LogP contribution < -0.4 is 10.1 Å². The number of benzene rings is 3. The highest BCUT2D eigenvalue weighted by molar-refractivity contribution is 9.10. The first-order chi connectivity index (χ1) is 16.5. The van der Waals surface area contributed by atoms with Crippen molar-refractivity contribution < 1.29 is 9.13 Å². The van der Waals surface area contributed by atoms with Gasteiger partial charge in [-0.1, -0.05) is 69.6 Å². The third-order valence-electron chi connectivity index (χ3n) is 5.97. The SMILES string of the molecule is CSc1nc2n(n1)[C@H](c1ccccc1F)C1=C(N2)c2cc(Cl)ccc2O[C@H]1c1ccc(Br)cc1. The van der Waals surface area contributed by atoms with Gasteiger partial charge in [-0.3, -0.25) is 0 Å². The van der Waals surface area contributed by atoms with Crippen LogP contribution in [-0.2, 0) is 0 Å². The van der Waals surface area contributed by atoms with Crippen molar-refractivity contribution in [2.24, 2.45) is 0 Å². The lowest BCUT2D eigenvalue weighted by molar-refractivity contribution is 0.222. The Labute approximate surface area is 213 Å². The fourth-order valence-electron chi connectivity index (χ4n) is 4.48. The maximum Gasteiger partial charge on any atom is 0.227 e. The summed E-state index contributed by atoms with van der Waals surface area (Å²) < 4.78 is 24.5. The van der Waals surface area contributed by atoms with E-state index in [4.69, 9.17) is 21.4 Å². The number of nitrogens with zero attached hydrogens (tertiary/aromatic N) is 3. The summed E-state index contributed by atoms with van der Waals surface area (Å²) in [7, 11) is 0. The normalized spacial score (nSPS) is 18.5. The number of halogens is 3. The number of rotatable bonds is 3. The number of hydrogen-bond acceptors (Lipinski definition) is 5. The van der Waals surface area contributed by atoms with Gasteiger partial charge in [-0.25, -0.2) is 9.07 Å². The van der Waals surface area contributed by atoms with Crippen molar-refractivity contribution >= 4 is 50.9 Å². The molecular weight excluding hydrogens is 539 g/mol. The summed E-state index contributed by atoms with van der Waals surface area (Å²) >= 11 is 11.3. The number of nitrogens with one attached hydrogen (secondary N) is 1. The van der Waals surface area contributed by atoms with Crippen molar-refractivity contribution in [3.05, 3.63) is 104 Å². The molecule has 34 heavy (non-hydrogen) atoms. The highest BCUT2D eigenvalue weighted by Gasteiger charge is 2.42. The third-order valence-corrected chi connectivity index (χ3v) is 7.27. The molecule has 0 unspecified atom stereocenters. The van der Waals surface area contributed by atoms with Crippen molar-refractivity contribution in [2.75, 3.05) is 11.6 Å². The van der Waals surface area contributed by atoms with Gasteiger partial charge in [0, 0.05) is 26.2 Å². The Balaban J connectivity index is 1.66. The van der Waals surface area contributed by atoms with Gasteiger partial charge in [-0.05, 0) is 48.2 Å². The molecule has 4 aromatic rings. The zero-order valence-electron chi connectivity index (χ0n) is 17.8. The molecule has 0 saturated carbocycles. The number of anilines is 1. The standard InChI is InChI=1S/C25H17BrClFN4OS/c1-34-25-30-24-29-21-17-12-15(27)10-11-19(17)33-23(13-6-8-14(26)9-7-13)20(21)22(32(24)31-25)16-4-2-3-5-18(16)28/h2-12,22-23H,1H3,(H,29,30,31)/t22-,23+/m1/s1. The average molecular weight is 556 g/mol. The molecule has 0 spiro atoms. The van der Waals surface area contributed by atoms with Crippen LogP contribution in [0.2, 0.25) is 5.02 Å². The first kappa shape index (κ1) is 21.7. The number of fused-ring (bicyclic) bond motifs is 3. The molecule has 6 rings (SSSR count). The van der Waals surface area contributed by atoms with E-state index in [1.54, 1.807) is 22.9 Å². The molecule has 170 valence electrons. The van der Waals surface area contributed by atoms with Gasteiger partial charge in [0.2, 0.25) is 11.1 Å². The third kappa shape index (κ3) is 3.52. The minimum atomic E-state index is -0.568. The van der Waals surface area contributed by atoms with E-state index in [1.807, 2.05) is 48.7 Å². The van der Waals surface area contributed by atoms with Crippen molar-refractivity contribution in [3.8, 4) is 5.75 Å². The summed E-state index contributed by atoms with van der Waals surface area (Å²) in [4.78, 5) is 4.64. The number of hydrogen-bond donors (Lipinski definition) is 1. The van der Waals surface area contributed by atoms with Crippen LogP contribution in [0, 0.1) is 5.82 Å². The van der Waals surface area contributed by atoms with Crippen LogP contribution in [0.5, 0.6) is 5.75 Å². The van der Waals surface area contributed by atoms with Crippen LogP contribution in [0.3, 0.4) is 0 Å². The van der Waals surface area contributed by atoms with Crippen molar-refractivity contribution in [2.45, 2.75) is 17.3 Å². The lowest BCUT2D eigenvalue weighted by Crippen LogP contribution is -2.32. The van der Waals surface area contributed by atoms with Gasteiger partial charge >= 0.3 is 0 Å². The highest BCUT2D eigenvalue weighted by atomic mass is 79.9. The summed E-state index contributed by atoms with van der Waals surface area (Å²) in [6.07, 6.45) is 1.43. The second-order valence-electron chi connectivity index (χ2n) is 7.94. The van der Waals surface area contributed by atoms with Crippen LogP contribution in [0.4, 0.5) is 10.3 Å². The Morgan fingerprint density at radius 1 is 1.12 bits per heavy atom. The van der Waals surface area contributed by atoms with Gasteiger partial charge in [0.1, 0.15) is 23.7 Å². The summed E-state index contributed by atoms with van der Waals surface area (Å²) in [5, 5.41) is 9.32. The Morgan fingerprint density at radius 3 is 2.68 bits per heavy atom. The monoisotopic (exact) mass is 554 g/mol. The Hall–Kier alpha value is -2.81. The van der Waals surface area contributed by atoms with Crippen LogP contribution in [0.1, 0.15) is 28.8 Å². The first-order valence-electron chi connectivity index (χ1n) is 10.5. The molecule has 2 atom stereocenters. The second-order valence-corrected chi connectivity index (χ2v) is 10.1. The molecule has 0 radical (unpaired) electrons. The minimum Gasteiger partial charge on any atom is -0.480 e. The lowest BCUT2D eigenvalue weighted by Gasteiger charge is -2.39. The molecule has 3 heterocycles. The molecule has 1 N–H and O–H groups in total. The van der Waals surface area contributed by atoms with E-state index in [0.717, 1.165) is 26.9 Å². The van der Waals surface area contributed by atoms with Crippen LogP contribution in [0.25, 0.3) is 5.70 Å². The van der Waals surface area contributed by atoms with E-state index in [-0.39, 0.29) is 5.82 Å². The van der Waals surface area contributed by atoms with Gasteiger partial charge < -0.3 is 10.1 Å². The molecule has 1 aromatic heterocycles. The van der Waals surface area contributed by atoms with Crippen molar-refractivity contribution in [1.29, 1.82) is 0 Å². The van der Waals surface area contributed by atoms with E-state index in [0.29, 0.717) is 27.4 Å². The van der Waals surface area contributed by atoms with Gasteiger partial charge in [0.25, 0.3) is 0 Å². The Bertz CT molecular complexity index is 1460. The largest absolute Gasteiger partial charge is 0.480 e. The lowest BCUT2D eigenvalue weighted by atomic mass is 9.84. The molecule has 0 fully saturated rings. The second kappa shape index (κ2) is 8.45. The van der Waals surface area contributed by atoms with E-state index >= 15 is 4.39 Å². The van der Waals surface area contributed by atoms with Gasteiger partial charge in [0.05, 0.1) is 5.70 Å². The summed E-state index contributed by atoms with van der Waals surface area (Å²) in [6, 6.07) is 19.7. The molecular formula is C25H17BrClFN4OS. The first-order valence-corrected chi connectivity index (χ1v) is 12.9. The predicted molar refractivity (Wildman–Crippen MR) is 136 cm³/mol. The molecule has 0 saturated heterocycles. The van der Waals surface area contributed by atoms with Gasteiger partial charge in [-0.15, -0.1) is 5.10 Å². The smallest absolute Gasteiger partial charge is 0.227 e. The van der Waals surface area contributed by atoms with E-state index in [9.17, 15) is 0 Å². The zero-order chi connectivity index (χ0) is 23.4. The fourth-order valence-corrected chi connectivity index (χ4v) is 5.26. The maximum atomic E-state index is 15.3. The molecule has 9 heteroatoms. The number of ether oxygens (including phenoxy) is 1. The topological polar surface area (TPSA) is 52.0 Å². The van der Waals surface area contributed by atoms with Crippen molar-refractivity contribution in [3.63, 3.8) is 0 Å². The molecule has 5 nitrogen and oxygen atoms in total. The number of thioether (sulfide) groups is 1. The van der Waals surface area contributed by atoms with Crippen LogP contribution in [0.15, 0.2) is 81.9 Å². The predicted octanol–water partition coefficient (Wildman–Crippen LogP) is 7.11. The zero-order valence-corrected chi connectivity index (χ0v) is 21.0. The van der Waals surface area contributed by atoms with Crippen LogP contribution >= 0.6 is 39.3 Å². The van der Waals surface area contributed by atoms with E-state index < -0.39 is 12.1 Å². The summed E-state index contributed by atoms with van der Waals surface area (Å²) in [6.45, 7) is 0. The minimum absolute atomic E-state index is 0.320. The van der Waals surface area contributed by atoms with E-state index in [1.165, 1.54) is 17.8 Å². The molecule has 0 amide bonds. The average Bonchev–Trinajstić information content (AvgIpc) is 3.26. The molecule has 3 aromatic carbocycles.